The van der Waals surface area contributed by atoms with Crippen molar-refractivity contribution in [3.8, 4) is 0 Å². The van der Waals surface area contributed by atoms with E-state index in [4.69, 9.17) is 4.74 Å². The number of amides is 3. The molecule has 152 valence electrons. The maximum absolute atomic E-state index is 12.9. The Balaban J connectivity index is 1.52. The van der Waals surface area contributed by atoms with Crippen LogP contribution in [-0.4, -0.2) is 59.9 Å². The summed E-state index contributed by atoms with van der Waals surface area (Å²) < 4.78 is 18.7. The number of nitrogens with zero attached hydrogens (tertiary/aromatic N) is 1. The van der Waals surface area contributed by atoms with Gasteiger partial charge in [-0.25, -0.2) is 9.18 Å². The first-order chi connectivity index (χ1) is 13.5. The van der Waals surface area contributed by atoms with Crippen LogP contribution in [0.5, 0.6) is 0 Å². The number of carbonyl (C=O) groups excluding carboxylic acids is 2. The van der Waals surface area contributed by atoms with Crippen LogP contribution in [0.2, 0.25) is 0 Å². The van der Waals surface area contributed by atoms with Crippen molar-refractivity contribution in [3.63, 3.8) is 0 Å². The molecule has 1 aromatic carbocycles. The fourth-order valence-electron chi connectivity index (χ4n) is 3.43. The number of ether oxygens (including phenoxy) is 1. The number of nitrogens with one attached hydrogen (secondary N) is 2. The van der Waals surface area contributed by atoms with Crippen LogP contribution >= 0.6 is 0 Å². The number of piperidine rings is 1. The van der Waals surface area contributed by atoms with Crippen LogP contribution in [-0.2, 0) is 9.53 Å². The maximum atomic E-state index is 12.9. The van der Waals surface area contributed by atoms with Crippen molar-refractivity contribution in [2.45, 2.75) is 43.9 Å². The van der Waals surface area contributed by atoms with Crippen molar-refractivity contribution in [1.29, 1.82) is 0 Å². The van der Waals surface area contributed by atoms with Gasteiger partial charge in [0.25, 0.3) is 0 Å². The topological polar surface area (TPSA) is 90.9 Å². The van der Waals surface area contributed by atoms with E-state index in [0.29, 0.717) is 5.69 Å². The molecular formula is C20H26FN3O4. The van der Waals surface area contributed by atoms with E-state index in [1.54, 1.807) is 12.2 Å². The van der Waals surface area contributed by atoms with Crippen LogP contribution in [0.25, 0.3) is 0 Å². The summed E-state index contributed by atoms with van der Waals surface area (Å²) in [6.45, 7) is 1.28. The molecule has 3 amide bonds. The molecule has 2 aliphatic heterocycles. The van der Waals surface area contributed by atoms with E-state index in [1.165, 1.54) is 24.3 Å². The van der Waals surface area contributed by atoms with Gasteiger partial charge in [-0.2, -0.15) is 0 Å². The molecule has 0 aliphatic carbocycles. The van der Waals surface area contributed by atoms with Crippen LogP contribution < -0.4 is 10.6 Å². The van der Waals surface area contributed by atoms with E-state index in [-0.39, 0.29) is 24.8 Å². The van der Waals surface area contributed by atoms with E-state index in [9.17, 15) is 19.1 Å². The molecule has 28 heavy (non-hydrogen) atoms. The summed E-state index contributed by atoms with van der Waals surface area (Å²) in [6.07, 6.45) is 5.85. The quantitative estimate of drug-likeness (QED) is 0.670. The van der Waals surface area contributed by atoms with Gasteiger partial charge in [-0.15, -0.1) is 0 Å². The second kappa shape index (κ2) is 9.66. The van der Waals surface area contributed by atoms with E-state index in [0.717, 1.165) is 32.4 Å². The highest BCUT2D eigenvalue weighted by molar-refractivity contribution is 5.89. The highest BCUT2D eigenvalue weighted by Crippen LogP contribution is 2.18. The minimum atomic E-state index is -0.650. The molecule has 1 fully saturated rings. The summed E-state index contributed by atoms with van der Waals surface area (Å²) >= 11 is 0. The number of hydrogen-bond donors (Lipinski definition) is 3. The lowest BCUT2D eigenvalue weighted by molar-refractivity contribution is -0.136. The first kappa shape index (κ1) is 20.3. The van der Waals surface area contributed by atoms with Gasteiger partial charge >= 0.3 is 6.03 Å². The lowest BCUT2D eigenvalue weighted by Crippen LogP contribution is -2.50. The summed E-state index contributed by atoms with van der Waals surface area (Å²) in [5.74, 6) is -0.341. The van der Waals surface area contributed by atoms with Gasteiger partial charge in [0.05, 0.1) is 25.2 Å². The van der Waals surface area contributed by atoms with E-state index in [1.807, 2.05) is 4.90 Å². The molecule has 1 aromatic rings. The molecule has 8 heteroatoms. The maximum Gasteiger partial charge on any atom is 0.319 e. The standard InChI is InChI=1S/C20H26FN3O4/c21-14-4-6-15(7-5-14)22-20(27)23-17-9-8-16(28-18(17)13-25)12-19(26)24-10-2-1-3-11-24/h4-9,16-18,25H,1-3,10-13H2,(H2,22,23,27)/t16-,17+,18-/m1/s1. The number of rotatable bonds is 5. The van der Waals surface area contributed by atoms with Crippen LogP contribution in [0.1, 0.15) is 25.7 Å². The van der Waals surface area contributed by atoms with Crippen molar-refractivity contribution in [2.75, 3.05) is 25.0 Å². The molecule has 7 nitrogen and oxygen atoms in total. The number of carbonyl (C=O) groups is 2. The lowest BCUT2D eigenvalue weighted by Gasteiger charge is -2.33. The Kier molecular flexibility index (Phi) is 7.00. The fraction of sp³-hybridized carbons (Fsp3) is 0.500. The molecule has 2 heterocycles. The van der Waals surface area contributed by atoms with Crippen LogP contribution in [0.15, 0.2) is 36.4 Å². The average Bonchev–Trinajstić information content (AvgIpc) is 2.71. The Bertz CT molecular complexity index is 704. The molecule has 0 spiro atoms. The van der Waals surface area contributed by atoms with Gasteiger partial charge in [0.2, 0.25) is 5.91 Å². The number of aliphatic hydroxyl groups excluding tert-OH is 1. The molecule has 0 radical (unpaired) electrons. The van der Waals surface area contributed by atoms with Crippen molar-refractivity contribution < 1.29 is 23.8 Å². The monoisotopic (exact) mass is 391 g/mol. The SMILES string of the molecule is O=C(Nc1ccc(F)cc1)N[C@H]1C=C[C@H](CC(=O)N2CCCCC2)O[C@@H]1CO. The van der Waals surface area contributed by atoms with Crippen molar-refractivity contribution >= 4 is 17.6 Å². The Morgan fingerprint density at radius 1 is 1.14 bits per heavy atom. The first-order valence-corrected chi connectivity index (χ1v) is 9.60. The second-order valence-electron chi connectivity index (χ2n) is 7.06. The molecule has 0 bridgehead atoms. The van der Waals surface area contributed by atoms with Crippen molar-refractivity contribution in [2.24, 2.45) is 0 Å². The second-order valence-corrected chi connectivity index (χ2v) is 7.06. The first-order valence-electron chi connectivity index (χ1n) is 9.60. The summed E-state index contributed by atoms with van der Waals surface area (Å²) in [4.78, 5) is 26.4. The zero-order chi connectivity index (χ0) is 19.9. The number of hydrogen-bond acceptors (Lipinski definition) is 4. The fourth-order valence-corrected chi connectivity index (χ4v) is 3.43. The van der Waals surface area contributed by atoms with Crippen molar-refractivity contribution in [1.82, 2.24) is 10.2 Å². The third-order valence-electron chi connectivity index (χ3n) is 4.95. The van der Waals surface area contributed by atoms with Gasteiger partial charge < -0.3 is 25.4 Å². The summed E-state index contributed by atoms with van der Waals surface area (Å²) in [5, 5.41) is 14.9. The zero-order valence-electron chi connectivity index (χ0n) is 15.6. The Hall–Kier alpha value is -2.45. The molecule has 0 aromatic heterocycles. The lowest BCUT2D eigenvalue weighted by atomic mass is 10.0. The third-order valence-corrected chi connectivity index (χ3v) is 4.95. The van der Waals surface area contributed by atoms with Crippen LogP contribution in [0.3, 0.4) is 0 Å². The molecule has 2 aliphatic rings. The van der Waals surface area contributed by atoms with E-state index >= 15 is 0 Å². The molecule has 3 N–H and O–H groups in total. The zero-order valence-corrected chi connectivity index (χ0v) is 15.6. The van der Waals surface area contributed by atoms with Gasteiger partial charge in [-0.05, 0) is 43.5 Å². The average molecular weight is 391 g/mol. The van der Waals surface area contributed by atoms with Crippen LogP contribution in [0, 0.1) is 5.82 Å². The van der Waals surface area contributed by atoms with E-state index in [2.05, 4.69) is 10.6 Å². The minimum Gasteiger partial charge on any atom is -0.394 e. The number of benzene rings is 1. The largest absolute Gasteiger partial charge is 0.394 e. The van der Waals surface area contributed by atoms with Gasteiger partial charge in [0, 0.05) is 18.8 Å². The number of likely N-dealkylation sites (tertiary alicyclic amines) is 1. The Morgan fingerprint density at radius 3 is 2.54 bits per heavy atom. The smallest absolute Gasteiger partial charge is 0.319 e. The minimum absolute atomic E-state index is 0.0477. The number of urea groups is 1. The molecule has 3 rings (SSSR count). The highest BCUT2D eigenvalue weighted by Gasteiger charge is 2.30. The van der Waals surface area contributed by atoms with Gasteiger partial charge in [0.1, 0.15) is 11.9 Å². The number of halogens is 1. The Labute approximate surface area is 163 Å². The summed E-state index contributed by atoms with van der Waals surface area (Å²) in [7, 11) is 0. The molecular weight excluding hydrogens is 365 g/mol. The van der Waals surface area contributed by atoms with Crippen LogP contribution in [0.4, 0.5) is 14.9 Å². The molecule has 1 saturated heterocycles. The molecule has 3 atom stereocenters. The summed E-state index contributed by atoms with van der Waals surface area (Å²) in [6, 6.07) is 4.37. The highest BCUT2D eigenvalue weighted by atomic mass is 19.1. The van der Waals surface area contributed by atoms with Gasteiger partial charge in [0.15, 0.2) is 0 Å². The normalized spacial score (nSPS) is 24.6. The molecule has 0 unspecified atom stereocenters. The van der Waals surface area contributed by atoms with Gasteiger partial charge in [-0.3, -0.25) is 4.79 Å². The Morgan fingerprint density at radius 2 is 1.86 bits per heavy atom. The number of aliphatic hydroxyl groups is 1. The third kappa shape index (κ3) is 5.53. The predicted octanol–water partition coefficient (Wildman–Crippen LogP) is 2.03. The summed E-state index contributed by atoms with van der Waals surface area (Å²) in [5.41, 5.74) is 0.449. The van der Waals surface area contributed by atoms with E-state index < -0.39 is 24.3 Å². The van der Waals surface area contributed by atoms with Crippen molar-refractivity contribution in [3.05, 3.63) is 42.2 Å². The number of anilines is 1. The predicted molar refractivity (Wildman–Crippen MR) is 102 cm³/mol. The van der Waals surface area contributed by atoms with Gasteiger partial charge in [-0.1, -0.05) is 12.2 Å². The molecule has 0 saturated carbocycles.